The Balaban J connectivity index is 2.08. The summed E-state index contributed by atoms with van der Waals surface area (Å²) in [6, 6.07) is 8.95. The molecule has 1 amide bonds. The van der Waals surface area contributed by atoms with Gasteiger partial charge in [-0.15, -0.1) is 0 Å². The van der Waals surface area contributed by atoms with Crippen LogP contribution in [0.5, 0.6) is 0 Å². The molecule has 0 spiro atoms. The summed E-state index contributed by atoms with van der Waals surface area (Å²) in [5, 5.41) is 2.79. The van der Waals surface area contributed by atoms with E-state index in [0.717, 1.165) is 12.8 Å². The van der Waals surface area contributed by atoms with E-state index >= 15 is 0 Å². The molecule has 1 fully saturated rings. The number of nitrogens with one attached hydrogen (secondary N) is 1. The highest BCUT2D eigenvalue weighted by Crippen LogP contribution is 2.36. The molecule has 0 bridgehead atoms. The Labute approximate surface area is 88.5 Å². The smallest absolute Gasteiger partial charge is 0.252 e. The van der Waals surface area contributed by atoms with E-state index in [-0.39, 0.29) is 11.7 Å². The molecule has 0 aliphatic heterocycles. The predicted octanol–water partition coefficient (Wildman–Crippen LogP) is 1.54. The van der Waals surface area contributed by atoms with Crippen LogP contribution >= 0.6 is 0 Å². The summed E-state index contributed by atoms with van der Waals surface area (Å²) in [5.41, 5.74) is 0.0393. The average Bonchev–Trinajstić information content (AvgIpc) is 3.00. The molecule has 0 aromatic heterocycles. The molecule has 1 saturated carbocycles. The predicted molar refractivity (Wildman–Crippen MR) is 56.6 cm³/mol. The molecule has 3 nitrogen and oxygen atoms in total. The quantitative estimate of drug-likeness (QED) is 0.809. The van der Waals surface area contributed by atoms with E-state index in [2.05, 4.69) is 5.32 Å². The van der Waals surface area contributed by atoms with Gasteiger partial charge in [0.05, 0.1) is 5.54 Å². The van der Waals surface area contributed by atoms with Gasteiger partial charge in [-0.3, -0.25) is 9.59 Å². The van der Waals surface area contributed by atoms with Crippen LogP contribution in [0.25, 0.3) is 0 Å². The minimum Gasteiger partial charge on any atom is -0.340 e. The van der Waals surface area contributed by atoms with Gasteiger partial charge in [-0.1, -0.05) is 18.2 Å². The number of carbonyl (C=O) groups excluding carboxylic acids is 2. The van der Waals surface area contributed by atoms with Crippen molar-refractivity contribution in [2.45, 2.75) is 25.3 Å². The van der Waals surface area contributed by atoms with Crippen molar-refractivity contribution in [3.8, 4) is 0 Å². The average molecular weight is 203 g/mol. The molecule has 1 aliphatic carbocycles. The molecule has 0 unspecified atom stereocenters. The first-order valence-electron chi connectivity index (χ1n) is 5.03. The molecule has 15 heavy (non-hydrogen) atoms. The number of ketones is 1. The molecule has 1 aliphatic rings. The van der Waals surface area contributed by atoms with Crippen LogP contribution in [0, 0.1) is 0 Å². The SMILES string of the molecule is CC(=O)C1(NC(=O)c2ccccc2)CC1. The van der Waals surface area contributed by atoms with Crippen LogP contribution < -0.4 is 5.32 Å². The molecule has 0 heterocycles. The fourth-order valence-corrected chi connectivity index (χ4v) is 1.57. The van der Waals surface area contributed by atoms with Crippen LogP contribution in [-0.2, 0) is 4.79 Å². The van der Waals surface area contributed by atoms with Gasteiger partial charge in [0.2, 0.25) is 0 Å². The highest BCUT2D eigenvalue weighted by molar-refractivity contribution is 6.00. The second kappa shape index (κ2) is 3.50. The normalized spacial score (nSPS) is 16.9. The van der Waals surface area contributed by atoms with Crippen molar-refractivity contribution in [3.05, 3.63) is 35.9 Å². The maximum Gasteiger partial charge on any atom is 0.252 e. The third-order valence-electron chi connectivity index (χ3n) is 2.81. The summed E-state index contributed by atoms with van der Waals surface area (Å²) in [6.45, 7) is 1.53. The minimum absolute atomic E-state index is 0.0479. The molecule has 1 N–H and O–H groups in total. The number of Topliss-reactive ketones (excluding diaryl/α,β-unsaturated/α-hetero) is 1. The van der Waals surface area contributed by atoms with E-state index in [1.165, 1.54) is 6.92 Å². The zero-order chi connectivity index (χ0) is 10.9. The molecule has 0 radical (unpaired) electrons. The first-order valence-corrected chi connectivity index (χ1v) is 5.03. The van der Waals surface area contributed by atoms with E-state index in [1.54, 1.807) is 12.1 Å². The first kappa shape index (κ1) is 9.90. The second-order valence-electron chi connectivity index (χ2n) is 3.96. The summed E-state index contributed by atoms with van der Waals surface area (Å²) in [5.74, 6) is -0.116. The van der Waals surface area contributed by atoms with Gasteiger partial charge in [0.25, 0.3) is 5.91 Å². The van der Waals surface area contributed by atoms with Gasteiger partial charge in [-0.05, 0) is 31.9 Å². The Morgan fingerprint density at radius 3 is 2.27 bits per heavy atom. The number of carbonyl (C=O) groups is 2. The Morgan fingerprint density at radius 2 is 1.80 bits per heavy atom. The van der Waals surface area contributed by atoms with Crippen LogP contribution in [0.4, 0.5) is 0 Å². The fourth-order valence-electron chi connectivity index (χ4n) is 1.57. The number of benzene rings is 1. The van der Waals surface area contributed by atoms with E-state index in [1.807, 2.05) is 18.2 Å². The molecular weight excluding hydrogens is 190 g/mol. The molecule has 78 valence electrons. The summed E-state index contributed by atoms with van der Waals surface area (Å²) in [4.78, 5) is 23.0. The van der Waals surface area contributed by atoms with Crippen molar-refractivity contribution in [2.24, 2.45) is 0 Å². The molecule has 1 aromatic rings. The van der Waals surface area contributed by atoms with Crippen molar-refractivity contribution >= 4 is 11.7 Å². The topological polar surface area (TPSA) is 46.2 Å². The lowest BCUT2D eigenvalue weighted by molar-refractivity contribution is -0.119. The lowest BCUT2D eigenvalue weighted by Crippen LogP contribution is -2.41. The van der Waals surface area contributed by atoms with Crippen LogP contribution in [0.3, 0.4) is 0 Å². The summed E-state index contributed by atoms with van der Waals surface area (Å²) in [7, 11) is 0. The zero-order valence-electron chi connectivity index (χ0n) is 8.62. The van der Waals surface area contributed by atoms with Gasteiger partial charge in [-0.2, -0.15) is 0 Å². The monoisotopic (exact) mass is 203 g/mol. The van der Waals surface area contributed by atoms with Gasteiger partial charge in [0.1, 0.15) is 0 Å². The number of amides is 1. The van der Waals surface area contributed by atoms with E-state index in [0.29, 0.717) is 5.56 Å². The van der Waals surface area contributed by atoms with Crippen LogP contribution in [-0.4, -0.2) is 17.2 Å². The van der Waals surface area contributed by atoms with Gasteiger partial charge in [-0.25, -0.2) is 0 Å². The number of rotatable bonds is 3. The maximum atomic E-state index is 11.7. The maximum absolute atomic E-state index is 11.7. The molecule has 1 aromatic carbocycles. The zero-order valence-corrected chi connectivity index (χ0v) is 8.62. The van der Waals surface area contributed by atoms with Crippen molar-refractivity contribution in [1.29, 1.82) is 0 Å². The third kappa shape index (κ3) is 1.91. The lowest BCUT2D eigenvalue weighted by Gasteiger charge is -2.13. The lowest BCUT2D eigenvalue weighted by atomic mass is 10.1. The fraction of sp³-hybridized carbons (Fsp3) is 0.333. The second-order valence-corrected chi connectivity index (χ2v) is 3.96. The Morgan fingerprint density at radius 1 is 1.20 bits per heavy atom. The van der Waals surface area contributed by atoms with Gasteiger partial charge < -0.3 is 5.32 Å². The highest BCUT2D eigenvalue weighted by Gasteiger charge is 2.48. The first-order chi connectivity index (χ1) is 7.14. The largest absolute Gasteiger partial charge is 0.340 e. The number of hydrogen-bond acceptors (Lipinski definition) is 2. The van der Waals surface area contributed by atoms with Crippen LogP contribution in [0.15, 0.2) is 30.3 Å². The Bertz CT molecular complexity index is 393. The summed E-state index contributed by atoms with van der Waals surface area (Å²) >= 11 is 0. The summed E-state index contributed by atoms with van der Waals surface area (Å²) in [6.07, 6.45) is 1.53. The van der Waals surface area contributed by atoms with Crippen LogP contribution in [0.2, 0.25) is 0 Å². The van der Waals surface area contributed by atoms with E-state index < -0.39 is 5.54 Å². The Hall–Kier alpha value is -1.64. The van der Waals surface area contributed by atoms with Gasteiger partial charge in [0.15, 0.2) is 5.78 Å². The Kier molecular flexibility index (Phi) is 2.31. The molecule has 0 saturated heterocycles. The van der Waals surface area contributed by atoms with Gasteiger partial charge in [0, 0.05) is 5.56 Å². The molecule has 3 heteroatoms. The summed E-state index contributed by atoms with van der Waals surface area (Å²) < 4.78 is 0. The molecular formula is C12H13NO2. The van der Waals surface area contributed by atoms with E-state index in [9.17, 15) is 9.59 Å². The van der Waals surface area contributed by atoms with Crippen molar-refractivity contribution in [2.75, 3.05) is 0 Å². The van der Waals surface area contributed by atoms with E-state index in [4.69, 9.17) is 0 Å². The number of hydrogen-bond donors (Lipinski definition) is 1. The van der Waals surface area contributed by atoms with Crippen LogP contribution in [0.1, 0.15) is 30.1 Å². The minimum atomic E-state index is -0.563. The standard InChI is InChI=1S/C12H13NO2/c1-9(14)12(7-8-12)13-11(15)10-5-3-2-4-6-10/h2-6H,7-8H2,1H3,(H,13,15). The van der Waals surface area contributed by atoms with Crippen molar-refractivity contribution in [3.63, 3.8) is 0 Å². The molecule has 0 atom stereocenters. The van der Waals surface area contributed by atoms with Crippen molar-refractivity contribution < 1.29 is 9.59 Å². The molecule has 2 rings (SSSR count). The van der Waals surface area contributed by atoms with Crippen molar-refractivity contribution in [1.82, 2.24) is 5.32 Å². The van der Waals surface area contributed by atoms with Gasteiger partial charge >= 0.3 is 0 Å². The third-order valence-corrected chi connectivity index (χ3v) is 2.81. The highest BCUT2D eigenvalue weighted by atomic mass is 16.2.